The molecule has 1 fully saturated rings. The predicted molar refractivity (Wildman–Crippen MR) is 61.4 cm³/mol. The SMILES string of the molecule is O=C(CCNC1CC1)c1cccc(C(F)(F)F)c1. The number of Topliss-reactive ketones (excluding diaryl/α,β-unsaturated/α-hetero) is 1. The minimum Gasteiger partial charge on any atom is -0.314 e. The molecule has 1 aliphatic rings. The van der Waals surface area contributed by atoms with Crippen molar-refractivity contribution in [3.8, 4) is 0 Å². The van der Waals surface area contributed by atoms with Gasteiger partial charge in [0.1, 0.15) is 0 Å². The van der Waals surface area contributed by atoms with Gasteiger partial charge in [0, 0.05) is 24.6 Å². The summed E-state index contributed by atoms with van der Waals surface area (Å²) in [6.45, 7) is 0.528. The second kappa shape index (κ2) is 5.10. The Hall–Kier alpha value is -1.36. The average Bonchev–Trinajstić information content (AvgIpc) is 3.12. The highest BCUT2D eigenvalue weighted by Crippen LogP contribution is 2.29. The number of ketones is 1. The molecule has 0 saturated heterocycles. The van der Waals surface area contributed by atoms with E-state index in [1.54, 1.807) is 0 Å². The summed E-state index contributed by atoms with van der Waals surface area (Å²) in [4.78, 5) is 11.7. The molecule has 5 heteroatoms. The second-order valence-electron chi connectivity index (χ2n) is 4.48. The highest BCUT2D eigenvalue weighted by atomic mass is 19.4. The van der Waals surface area contributed by atoms with E-state index in [0.29, 0.717) is 12.6 Å². The van der Waals surface area contributed by atoms with E-state index in [-0.39, 0.29) is 17.8 Å². The smallest absolute Gasteiger partial charge is 0.314 e. The summed E-state index contributed by atoms with van der Waals surface area (Å²) in [6, 6.07) is 5.08. The van der Waals surface area contributed by atoms with Gasteiger partial charge in [-0.15, -0.1) is 0 Å². The molecule has 0 heterocycles. The quantitative estimate of drug-likeness (QED) is 0.821. The third kappa shape index (κ3) is 3.57. The van der Waals surface area contributed by atoms with Crippen LogP contribution < -0.4 is 5.32 Å². The lowest BCUT2D eigenvalue weighted by Crippen LogP contribution is -2.20. The molecule has 0 unspecified atom stereocenters. The van der Waals surface area contributed by atoms with Crippen LogP contribution in [0.3, 0.4) is 0 Å². The van der Waals surface area contributed by atoms with Crippen molar-refractivity contribution in [2.24, 2.45) is 0 Å². The van der Waals surface area contributed by atoms with Crippen molar-refractivity contribution in [2.75, 3.05) is 6.54 Å². The Bertz CT molecular complexity index is 438. The topological polar surface area (TPSA) is 29.1 Å². The van der Waals surface area contributed by atoms with Crippen molar-refractivity contribution in [2.45, 2.75) is 31.5 Å². The third-order valence-electron chi connectivity index (χ3n) is 2.87. The molecule has 1 N–H and O–H groups in total. The summed E-state index contributed by atoms with van der Waals surface area (Å²) in [5.41, 5.74) is -0.647. The molecule has 0 spiro atoms. The van der Waals surface area contributed by atoms with E-state index in [4.69, 9.17) is 0 Å². The maximum atomic E-state index is 12.5. The molecule has 1 saturated carbocycles. The first-order valence-corrected chi connectivity index (χ1v) is 5.90. The van der Waals surface area contributed by atoms with Gasteiger partial charge in [0.2, 0.25) is 0 Å². The zero-order chi connectivity index (χ0) is 13.2. The van der Waals surface area contributed by atoms with Gasteiger partial charge in [-0.25, -0.2) is 0 Å². The van der Waals surface area contributed by atoms with Crippen molar-refractivity contribution in [1.82, 2.24) is 5.32 Å². The summed E-state index contributed by atoms with van der Waals surface area (Å²) in [5, 5.41) is 3.16. The average molecular weight is 257 g/mol. The molecule has 0 atom stereocenters. The molecule has 1 aromatic carbocycles. The molecule has 2 nitrogen and oxygen atoms in total. The van der Waals surface area contributed by atoms with E-state index in [9.17, 15) is 18.0 Å². The summed E-state index contributed by atoms with van der Waals surface area (Å²) < 4.78 is 37.4. The Labute approximate surface area is 103 Å². The van der Waals surface area contributed by atoms with Crippen molar-refractivity contribution in [3.63, 3.8) is 0 Å². The van der Waals surface area contributed by atoms with Gasteiger partial charge in [0.25, 0.3) is 0 Å². The van der Waals surface area contributed by atoms with Gasteiger partial charge >= 0.3 is 6.18 Å². The van der Waals surface area contributed by atoms with Gasteiger partial charge in [-0.3, -0.25) is 4.79 Å². The van der Waals surface area contributed by atoms with Gasteiger partial charge < -0.3 is 5.32 Å². The van der Waals surface area contributed by atoms with Gasteiger partial charge in [0.05, 0.1) is 5.56 Å². The van der Waals surface area contributed by atoms with Crippen LogP contribution in [0.1, 0.15) is 35.2 Å². The standard InChI is InChI=1S/C13H14F3NO/c14-13(15,16)10-3-1-2-9(8-10)12(18)6-7-17-11-4-5-11/h1-3,8,11,17H,4-7H2. The van der Waals surface area contributed by atoms with Gasteiger partial charge in [0.15, 0.2) is 5.78 Å². The Morgan fingerprint density at radius 2 is 2.06 bits per heavy atom. The van der Waals surface area contributed by atoms with E-state index in [0.717, 1.165) is 25.0 Å². The van der Waals surface area contributed by atoms with Crippen LogP contribution in [0.25, 0.3) is 0 Å². The van der Waals surface area contributed by atoms with Crippen molar-refractivity contribution in [3.05, 3.63) is 35.4 Å². The number of halogens is 3. The number of carbonyl (C=O) groups is 1. The minimum atomic E-state index is -4.40. The lowest BCUT2D eigenvalue weighted by atomic mass is 10.0. The Morgan fingerprint density at radius 1 is 1.33 bits per heavy atom. The monoisotopic (exact) mass is 257 g/mol. The molecule has 0 amide bonds. The largest absolute Gasteiger partial charge is 0.416 e. The molecule has 18 heavy (non-hydrogen) atoms. The fourth-order valence-corrected chi connectivity index (χ4v) is 1.69. The first-order valence-electron chi connectivity index (χ1n) is 5.90. The van der Waals surface area contributed by atoms with Crippen molar-refractivity contribution < 1.29 is 18.0 Å². The number of rotatable bonds is 5. The van der Waals surface area contributed by atoms with Gasteiger partial charge in [-0.05, 0) is 25.0 Å². The molecule has 0 aromatic heterocycles. The van der Waals surface area contributed by atoms with Crippen molar-refractivity contribution in [1.29, 1.82) is 0 Å². The second-order valence-corrected chi connectivity index (χ2v) is 4.48. The van der Waals surface area contributed by atoms with Gasteiger partial charge in [-0.1, -0.05) is 12.1 Å². The summed E-state index contributed by atoms with van der Waals surface area (Å²) in [7, 11) is 0. The number of hydrogen-bond donors (Lipinski definition) is 1. The molecule has 98 valence electrons. The number of carbonyl (C=O) groups excluding carboxylic acids is 1. The fraction of sp³-hybridized carbons (Fsp3) is 0.462. The normalized spacial score (nSPS) is 15.7. The van der Waals surface area contributed by atoms with Crippen LogP contribution >= 0.6 is 0 Å². The van der Waals surface area contributed by atoms with Crippen LogP contribution in [-0.2, 0) is 6.18 Å². The van der Waals surface area contributed by atoms with Crippen LogP contribution in [0.5, 0.6) is 0 Å². The fourth-order valence-electron chi connectivity index (χ4n) is 1.69. The summed E-state index contributed by atoms with van der Waals surface area (Å²) in [6.07, 6.45) is -1.92. The molecule has 1 aromatic rings. The van der Waals surface area contributed by atoms with Crippen molar-refractivity contribution >= 4 is 5.78 Å². The number of alkyl halides is 3. The lowest BCUT2D eigenvalue weighted by Gasteiger charge is -2.08. The number of hydrogen-bond acceptors (Lipinski definition) is 2. The van der Waals surface area contributed by atoms with Crippen LogP contribution in [0, 0.1) is 0 Å². The van der Waals surface area contributed by atoms with E-state index < -0.39 is 11.7 Å². The Kier molecular flexibility index (Phi) is 3.71. The Morgan fingerprint density at radius 3 is 2.67 bits per heavy atom. The van der Waals surface area contributed by atoms with E-state index in [1.165, 1.54) is 12.1 Å². The first kappa shape index (κ1) is 13.1. The Balaban J connectivity index is 1.96. The number of benzene rings is 1. The van der Waals surface area contributed by atoms with Crippen LogP contribution in [0.15, 0.2) is 24.3 Å². The van der Waals surface area contributed by atoms with E-state index >= 15 is 0 Å². The molecule has 0 aliphatic heterocycles. The molecular weight excluding hydrogens is 243 g/mol. The molecule has 1 aliphatic carbocycles. The van der Waals surface area contributed by atoms with Crippen LogP contribution in [-0.4, -0.2) is 18.4 Å². The maximum absolute atomic E-state index is 12.5. The highest BCUT2D eigenvalue weighted by Gasteiger charge is 2.30. The van der Waals surface area contributed by atoms with Crippen LogP contribution in [0.4, 0.5) is 13.2 Å². The van der Waals surface area contributed by atoms with Crippen LogP contribution in [0.2, 0.25) is 0 Å². The molecule has 0 radical (unpaired) electrons. The zero-order valence-corrected chi connectivity index (χ0v) is 9.76. The summed E-state index contributed by atoms with van der Waals surface area (Å²) in [5.74, 6) is -0.255. The highest BCUT2D eigenvalue weighted by molar-refractivity contribution is 5.96. The van der Waals surface area contributed by atoms with Gasteiger partial charge in [-0.2, -0.15) is 13.2 Å². The molecule has 0 bridgehead atoms. The molecule has 2 rings (SSSR count). The first-order chi connectivity index (χ1) is 8.47. The lowest BCUT2D eigenvalue weighted by molar-refractivity contribution is -0.137. The third-order valence-corrected chi connectivity index (χ3v) is 2.87. The number of nitrogens with one attached hydrogen (secondary N) is 1. The maximum Gasteiger partial charge on any atom is 0.416 e. The predicted octanol–water partition coefficient (Wildman–Crippen LogP) is 3.03. The zero-order valence-electron chi connectivity index (χ0n) is 9.76. The van der Waals surface area contributed by atoms with E-state index in [1.807, 2.05) is 0 Å². The molecular formula is C13H14F3NO. The minimum absolute atomic E-state index is 0.127. The summed E-state index contributed by atoms with van der Waals surface area (Å²) >= 11 is 0. The van der Waals surface area contributed by atoms with E-state index in [2.05, 4.69) is 5.32 Å².